The van der Waals surface area contributed by atoms with Crippen LogP contribution in [0.1, 0.15) is 56.0 Å². The van der Waals surface area contributed by atoms with E-state index in [4.69, 9.17) is 4.52 Å². The van der Waals surface area contributed by atoms with E-state index in [1.807, 2.05) is 19.1 Å². The zero-order valence-corrected chi connectivity index (χ0v) is 11.7. The highest BCUT2D eigenvalue weighted by Crippen LogP contribution is 2.66. The fraction of sp³-hybridized carbons (Fsp3) is 0.600. The lowest BCUT2D eigenvalue weighted by molar-refractivity contribution is 0.300. The highest BCUT2D eigenvalue weighted by Gasteiger charge is 2.57. The largest absolute Gasteiger partial charge is 0.339 e. The second kappa shape index (κ2) is 4.36. The van der Waals surface area contributed by atoms with E-state index < -0.39 is 0 Å². The van der Waals surface area contributed by atoms with E-state index >= 15 is 0 Å². The summed E-state index contributed by atoms with van der Waals surface area (Å²) in [6.45, 7) is 1.91. The van der Waals surface area contributed by atoms with Crippen molar-refractivity contribution in [2.75, 3.05) is 0 Å². The van der Waals surface area contributed by atoms with Crippen LogP contribution in [0.4, 0.5) is 0 Å². The molecule has 1 atom stereocenters. The normalized spacial score (nSPS) is 23.9. The van der Waals surface area contributed by atoms with Crippen LogP contribution >= 0.6 is 0 Å². The minimum atomic E-state index is 0.473. The van der Waals surface area contributed by atoms with Crippen LogP contribution in [-0.2, 0) is 0 Å². The molecule has 5 nitrogen and oxygen atoms in total. The van der Waals surface area contributed by atoms with Crippen LogP contribution in [-0.4, -0.2) is 20.3 Å². The number of hydrogen-bond acceptors (Lipinski definition) is 5. The molecule has 0 aliphatic heterocycles. The molecule has 0 unspecified atom stereocenters. The van der Waals surface area contributed by atoms with Gasteiger partial charge in [-0.2, -0.15) is 10.1 Å². The van der Waals surface area contributed by atoms with Gasteiger partial charge in [0.2, 0.25) is 11.7 Å². The maximum absolute atomic E-state index is 5.47. The highest BCUT2D eigenvalue weighted by molar-refractivity contribution is 5.47. The van der Waals surface area contributed by atoms with Crippen LogP contribution in [0.2, 0.25) is 0 Å². The summed E-state index contributed by atoms with van der Waals surface area (Å²) in [6, 6.07) is 3.80. The molecule has 0 saturated heterocycles. The molecule has 0 bridgehead atoms. The lowest BCUT2D eigenvalue weighted by Crippen LogP contribution is -2.09. The van der Waals surface area contributed by atoms with Gasteiger partial charge in [-0.1, -0.05) is 24.4 Å². The SMILES string of the molecule is Cc1ccc(-c2noc([C@@H]3CC34CCCCC4)n2)nn1. The molecule has 5 heteroatoms. The van der Waals surface area contributed by atoms with Crippen molar-refractivity contribution in [2.45, 2.75) is 51.4 Å². The van der Waals surface area contributed by atoms with Gasteiger partial charge in [0.25, 0.3) is 0 Å². The Hall–Kier alpha value is -1.78. The average Bonchev–Trinajstić information content (AvgIpc) is 2.96. The zero-order valence-electron chi connectivity index (χ0n) is 11.7. The van der Waals surface area contributed by atoms with Crippen molar-refractivity contribution in [3.63, 3.8) is 0 Å². The molecule has 2 aromatic rings. The van der Waals surface area contributed by atoms with Crippen molar-refractivity contribution in [2.24, 2.45) is 5.41 Å². The van der Waals surface area contributed by atoms with Gasteiger partial charge in [0.15, 0.2) is 0 Å². The van der Waals surface area contributed by atoms with E-state index in [0.29, 0.717) is 22.9 Å². The number of rotatable bonds is 2. The minimum Gasteiger partial charge on any atom is -0.339 e. The van der Waals surface area contributed by atoms with Gasteiger partial charge in [-0.25, -0.2) is 0 Å². The molecule has 1 spiro atoms. The van der Waals surface area contributed by atoms with Crippen molar-refractivity contribution in [3.8, 4) is 11.5 Å². The molecular formula is C15H18N4O. The Morgan fingerprint density at radius 1 is 1.15 bits per heavy atom. The van der Waals surface area contributed by atoms with Gasteiger partial charge in [-0.05, 0) is 43.7 Å². The van der Waals surface area contributed by atoms with Gasteiger partial charge >= 0.3 is 0 Å². The molecule has 2 aliphatic carbocycles. The monoisotopic (exact) mass is 270 g/mol. The van der Waals surface area contributed by atoms with Crippen molar-refractivity contribution >= 4 is 0 Å². The Bertz CT molecular complexity index is 613. The third-order valence-corrected chi connectivity index (χ3v) is 4.81. The van der Waals surface area contributed by atoms with Gasteiger partial charge in [-0.15, -0.1) is 5.10 Å². The molecule has 0 amide bonds. The first kappa shape index (κ1) is 12.0. The molecule has 2 fully saturated rings. The molecule has 2 aliphatic rings. The summed E-state index contributed by atoms with van der Waals surface area (Å²) in [6.07, 6.45) is 7.93. The molecule has 4 rings (SSSR count). The van der Waals surface area contributed by atoms with Crippen LogP contribution in [0.5, 0.6) is 0 Å². The fourth-order valence-corrected chi connectivity index (χ4v) is 3.50. The highest BCUT2D eigenvalue weighted by atomic mass is 16.5. The first-order valence-electron chi connectivity index (χ1n) is 7.41. The average molecular weight is 270 g/mol. The quantitative estimate of drug-likeness (QED) is 0.838. The number of aryl methyl sites for hydroxylation is 1. The molecule has 0 N–H and O–H groups in total. The topological polar surface area (TPSA) is 64.7 Å². The first-order chi connectivity index (χ1) is 9.77. The Balaban J connectivity index is 1.56. The summed E-state index contributed by atoms with van der Waals surface area (Å²) in [5, 5.41) is 12.2. The summed E-state index contributed by atoms with van der Waals surface area (Å²) >= 11 is 0. The van der Waals surface area contributed by atoms with Crippen LogP contribution in [0.15, 0.2) is 16.7 Å². The molecular weight excluding hydrogens is 252 g/mol. The molecule has 20 heavy (non-hydrogen) atoms. The Kier molecular flexibility index (Phi) is 2.62. The lowest BCUT2D eigenvalue weighted by Gasteiger charge is -2.21. The van der Waals surface area contributed by atoms with E-state index in [0.717, 1.165) is 11.6 Å². The van der Waals surface area contributed by atoms with Crippen LogP contribution in [0, 0.1) is 12.3 Å². The van der Waals surface area contributed by atoms with Crippen molar-refractivity contribution in [3.05, 3.63) is 23.7 Å². The van der Waals surface area contributed by atoms with E-state index in [2.05, 4.69) is 20.3 Å². The predicted octanol–water partition coefficient (Wildman–Crippen LogP) is 3.27. The van der Waals surface area contributed by atoms with Gasteiger partial charge in [0.05, 0.1) is 5.69 Å². The molecule has 0 radical (unpaired) electrons. The summed E-state index contributed by atoms with van der Waals surface area (Å²) in [5.74, 6) is 1.83. The van der Waals surface area contributed by atoms with Crippen molar-refractivity contribution < 1.29 is 4.52 Å². The molecule has 2 saturated carbocycles. The summed E-state index contributed by atoms with van der Waals surface area (Å²) in [5.41, 5.74) is 2.05. The molecule has 0 aromatic carbocycles. The van der Waals surface area contributed by atoms with Crippen molar-refractivity contribution in [1.29, 1.82) is 0 Å². The molecule has 2 heterocycles. The standard InChI is InChI=1S/C15H18N4O/c1-10-5-6-12(18-17-10)13-16-14(20-19-13)11-9-15(11)7-3-2-4-8-15/h5-6,11H,2-4,7-9H2,1H3/t11-/m0/s1. The number of nitrogens with zero attached hydrogens (tertiary/aromatic N) is 4. The van der Waals surface area contributed by atoms with E-state index in [1.54, 1.807) is 0 Å². The third-order valence-electron chi connectivity index (χ3n) is 4.81. The summed E-state index contributed by atoms with van der Waals surface area (Å²) < 4.78 is 5.47. The summed E-state index contributed by atoms with van der Waals surface area (Å²) in [4.78, 5) is 4.54. The number of aromatic nitrogens is 4. The lowest BCUT2D eigenvalue weighted by atomic mass is 9.84. The van der Waals surface area contributed by atoms with E-state index in [-0.39, 0.29) is 0 Å². The zero-order chi connectivity index (χ0) is 13.6. The molecule has 2 aromatic heterocycles. The minimum absolute atomic E-state index is 0.473. The maximum atomic E-state index is 5.47. The second-order valence-electron chi connectivity index (χ2n) is 6.20. The Morgan fingerprint density at radius 3 is 2.75 bits per heavy atom. The van der Waals surface area contributed by atoms with Gasteiger partial charge in [-0.3, -0.25) is 0 Å². The Labute approximate surface area is 117 Å². The van der Waals surface area contributed by atoms with Crippen molar-refractivity contribution in [1.82, 2.24) is 20.3 Å². The predicted molar refractivity (Wildman–Crippen MR) is 72.9 cm³/mol. The van der Waals surface area contributed by atoms with E-state index in [9.17, 15) is 0 Å². The van der Waals surface area contributed by atoms with Gasteiger partial charge in [0.1, 0.15) is 5.69 Å². The molecule has 104 valence electrons. The van der Waals surface area contributed by atoms with Crippen LogP contribution < -0.4 is 0 Å². The van der Waals surface area contributed by atoms with E-state index in [1.165, 1.54) is 38.5 Å². The third kappa shape index (κ3) is 1.92. The maximum Gasteiger partial charge on any atom is 0.230 e. The fourth-order valence-electron chi connectivity index (χ4n) is 3.50. The van der Waals surface area contributed by atoms with Gasteiger partial charge in [0, 0.05) is 5.92 Å². The number of hydrogen-bond donors (Lipinski definition) is 0. The smallest absolute Gasteiger partial charge is 0.230 e. The van der Waals surface area contributed by atoms with Gasteiger partial charge < -0.3 is 4.52 Å². The van der Waals surface area contributed by atoms with Crippen LogP contribution in [0.3, 0.4) is 0 Å². The summed E-state index contributed by atoms with van der Waals surface area (Å²) in [7, 11) is 0. The Morgan fingerprint density at radius 2 is 2.00 bits per heavy atom. The van der Waals surface area contributed by atoms with Crippen LogP contribution in [0.25, 0.3) is 11.5 Å². The first-order valence-corrected chi connectivity index (χ1v) is 7.41. The second-order valence-corrected chi connectivity index (χ2v) is 6.20.